The van der Waals surface area contributed by atoms with Gasteiger partial charge in [0.1, 0.15) is 11.4 Å². The number of carboxylic acid groups (broad SMARTS) is 1. The van der Waals surface area contributed by atoms with E-state index in [1.54, 1.807) is 25.7 Å². The molecule has 1 saturated carbocycles. The van der Waals surface area contributed by atoms with Crippen molar-refractivity contribution in [2.75, 3.05) is 25.1 Å². The molecule has 0 aromatic carbocycles. The molecule has 0 spiro atoms. The number of rotatable bonds is 5. The van der Waals surface area contributed by atoms with Crippen LogP contribution in [0.25, 0.3) is 0 Å². The number of anilines is 1. The Morgan fingerprint density at radius 1 is 1.33 bits per heavy atom. The first-order chi connectivity index (χ1) is 11.5. The van der Waals surface area contributed by atoms with E-state index in [4.69, 9.17) is 4.74 Å². The molecule has 130 valence electrons. The highest BCUT2D eigenvalue weighted by atomic mass is 16.5. The van der Waals surface area contributed by atoms with E-state index in [0.717, 1.165) is 5.82 Å². The molecule has 2 fully saturated rings. The zero-order chi connectivity index (χ0) is 17.2. The minimum atomic E-state index is -1.17. The number of piperidine rings is 1. The van der Waals surface area contributed by atoms with E-state index in [0.29, 0.717) is 38.8 Å². The maximum absolute atomic E-state index is 12.5. The summed E-state index contributed by atoms with van der Waals surface area (Å²) in [5.41, 5.74) is -1.17. The largest absolute Gasteiger partial charge is 0.480 e. The molecule has 1 aliphatic carbocycles. The summed E-state index contributed by atoms with van der Waals surface area (Å²) in [5.74, 6) is -0.525. The lowest BCUT2D eigenvalue weighted by Gasteiger charge is -2.44. The van der Waals surface area contributed by atoms with Gasteiger partial charge in [-0.05, 0) is 12.8 Å². The van der Waals surface area contributed by atoms with Gasteiger partial charge >= 0.3 is 5.97 Å². The number of hydrogen-bond donors (Lipinski definition) is 2. The average molecular weight is 334 g/mol. The highest BCUT2D eigenvalue weighted by Crippen LogP contribution is 2.35. The van der Waals surface area contributed by atoms with Crippen molar-refractivity contribution in [2.24, 2.45) is 5.92 Å². The number of methoxy groups -OCH3 is 1. The summed E-state index contributed by atoms with van der Waals surface area (Å²) in [6.07, 6.45) is 6.87. The summed E-state index contributed by atoms with van der Waals surface area (Å²) in [4.78, 5) is 34.4. The Balaban J connectivity index is 1.55. The second-order valence-corrected chi connectivity index (χ2v) is 6.47. The number of hydrogen-bond acceptors (Lipinski definition) is 6. The monoisotopic (exact) mass is 334 g/mol. The number of carbonyl (C=O) groups is 2. The Morgan fingerprint density at radius 3 is 2.58 bits per heavy atom. The van der Waals surface area contributed by atoms with Crippen molar-refractivity contribution in [1.82, 2.24) is 15.3 Å². The van der Waals surface area contributed by atoms with Gasteiger partial charge in [-0.1, -0.05) is 0 Å². The van der Waals surface area contributed by atoms with Crippen molar-refractivity contribution >= 4 is 17.7 Å². The summed E-state index contributed by atoms with van der Waals surface area (Å²) in [6, 6.07) is 0. The predicted octanol–water partition coefficient (Wildman–Crippen LogP) is 0.441. The van der Waals surface area contributed by atoms with Gasteiger partial charge < -0.3 is 20.1 Å². The molecule has 2 heterocycles. The zero-order valence-electron chi connectivity index (χ0n) is 13.6. The van der Waals surface area contributed by atoms with Crippen LogP contribution in [0.4, 0.5) is 5.82 Å². The lowest BCUT2D eigenvalue weighted by atomic mass is 9.73. The van der Waals surface area contributed by atoms with E-state index >= 15 is 0 Å². The second-order valence-electron chi connectivity index (χ2n) is 6.47. The molecule has 3 rings (SSSR count). The topological polar surface area (TPSA) is 105 Å². The lowest BCUT2D eigenvalue weighted by Crippen LogP contribution is -2.65. The maximum Gasteiger partial charge on any atom is 0.329 e. The van der Waals surface area contributed by atoms with Crippen LogP contribution in [0.15, 0.2) is 18.6 Å². The Bertz CT molecular complexity index is 595. The summed E-state index contributed by atoms with van der Waals surface area (Å²) < 4.78 is 5.15. The Hall–Kier alpha value is -2.22. The van der Waals surface area contributed by atoms with E-state index in [1.165, 1.54) is 0 Å². The normalized spacial score (nSPS) is 27.4. The van der Waals surface area contributed by atoms with Gasteiger partial charge in [0.2, 0.25) is 5.91 Å². The molecule has 1 saturated heterocycles. The zero-order valence-corrected chi connectivity index (χ0v) is 13.6. The Kier molecular flexibility index (Phi) is 4.66. The quantitative estimate of drug-likeness (QED) is 0.805. The Morgan fingerprint density at radius 2 is 2.04 bits per heavy atom. The first-order valence-corrected chi connectivity index (χ1v) is 8.13. The molecule has 1 aromatic rings. The summed E-state index contributed by atoms with van der Waals surface area (Å²) in [6.45, 7) is 1.41. The molecule has 24 heavy (non-hydrogen) atoms. The van der Waals surface area contributed by atoms with Crippen LogP contribution in [0, 0.1) is 5.92 Å². The van der Waals surface area contributed by atoms with Gasteiger partial charge in [0, 0.05) is 51.4 Å². The van der Waals surface area contributed by atoms with Crippen molar-refractivity contribution < 1.29 is 19.4 Å². The van der Waals surface area contributed by atoms with Crippen LogP contribution in [-0.2, 0) is 14.3 Å². The first-order valence-electron chi connectivity index (χ1n) is 8.13. The summed E-state index contributed by atoms with van der Waals surface area (Å²) in [7, 11) is 1.56. The molecule has 0 bridgehead atoms. The molecule has 0 atom stereocenters. The van der Waals surface area contributed by atoms with Gasteiger partial charge in [-0.15, -0.1) is 0 Å². The second kappa shape index (κ2) is 6.72. The van der Waals surface area contributed by atoms with Gasteiger partial charge in [0.05, 0.1) is 12.3 Å². The average Bonchev–Trinajstić information content (AvgIpc) is 2.58. The summed E-state index contributed by atoms with van der Waals surface area (Å²) >= 11 is 0. The highest BCUT2D eigenvalue weighted by molar-refractivity contribution is 5.89. The van der Waals surface area contributed by atoms with E-state index in [1.807, 2.05) is 0 Å². The van der Waals surface area contributed by atoms with Gasteiger partial charge in [0.15, 0.2) is 0 Å². The number of nitrogens with one attached hydrogen (secondary N) is 1. The highest BCUT2D eigenvalue weighted by Gasteiger charge is 2.52. The summed E-state index contributed by atoms with van der Waals surface area (Å²) in [5, 5.41) is 12.2. The van der Waals surface area contributed by atoms with Gasteiger partial charge in [-0.3, -0.25) is 9.78 Å². The first kappa shape index (κ1) is 16.6. The van der Waals surface area contributed by atoms with E-state index < -0.39 is 11.5 Å². The van der Waals surface area contributed by atoms with Crippen LogP contribution >= 0.6 is 0 Å². The van der Waals surface area contributed by atoms with E-state index in [2.05, 4.69) is 20.2 Å². The third kappa shape index (κ3) is 3.19. The number of carboxylic acids is 1. The number of nitrogens with zero attached hydrogens (tertiary/aromatic N) is 3. The van der Waals surface area contributed by atoms with Crippen molar-refractivity contribution in [3.05, 3.63) is 18.6 Å². The van der Waals surface area contributed by atoms with Crippen LogP contribution in [0.2, 0.25) is 0 Å². The fourth-order valence-corrected chi connectivity index (χ4v) is 3.38. The maximum atomic E-state index is 12.5. The predicted molar refractivity (Wildman–Crippen MR) is 85.5 cm³/mol. The van der Waals surface area contributed by atoms with Crippen molar-refractivity contribution in [2.45, 2.75) is 37.3 Å². The van der Waals surface area contributed by atoms with Crippen LogP contribution in [0.3, 0.4) is 0 Å². The van der Waals surface area contributed by atoms with E-state index in [9.17, 15) is 14.7 Å². The van der Waals surface area contributed by atoms with Crippen molar-refractivity contribution in [1.29, 1.82) is 0 Å². The van der Waals surface area contributed by atoms with Crippen molar-refractivity contribution in [3.63, 3.8) is 0 Å². The molecule has 1 aliphatic heterocycles. The minimum absolute atomic E-state index is 0.0973. The van der Waals surface area contributed by atoms with Gasteiger partial charge in [-0.2, -0.15) is 0 Å². The standard InChI is InChI=1S/C16H22N4O4/c1-24-12-8-16(9-12,15(22)23)19-14(21)11-2-6-20(7-3-11)13-10-17-4-5-18-13/h4-5,10-12H,2-3,6-9H2,1H3,(H,19,21)(H,22,23). The third-order valence-electron chi connectivity index (χ3n) is 5.00. The molecule has 1 amide bonds. The third-order valence-corrected chi connectivity index (χ3v) is 5.00. The van der Waals surface area contributed by atoms with Gasteiger partial charge in [-0.25, -0.2) is 9.78 Å². The fourth-order valence-electron chi connectivity index (χ4n) is 3.38. The van der Waals surface area contributed by atoms with Crippen LogP contribution in [0.5, 0.6) is 0 Å². The van der Waals surface area contributed by atoms with Gasteiger partial charge in [0.25, 0.3) is 0 Å². The molecule has 2 aliphatic rings. The molecular formula is C16H22N4O4. The van der Waals surface area contributed by atoms with Crippen LogP contribution < -0.4 is 10.2 Å². The number of aliphatic carboxylic acids is 1. The SMILES string of the molecule is COC1CC(NC(=O)C2CCN(c3cnccn3)CC2)(C(=O)O)C1. The molecule has 8 heteroatoms. The van der Waals surface area contributed by atoms with Crippen LogP contribution in [-0.4, -0.2) is 58.8 Å². The minimum Gasteiger partial charge on any atom is -0.480 e. The van der Waals surface area contributed by atoms with E-state index in [-0.39, 0.29) is 17.9 Å². The molecule has 8 nitrogen and oxygen atoms in total. The Labute approximate surface area is 140 Å². The molecule has 0 radical (unpaired) electrons. The number of ether oxygens (including phenoxy) is 1. The number of aromatic nitrogens is 2. The van der Waals surface area contributed by atoms with Crippen molar-refractivity contribution in [3.8, 4) is 0 Å². The molecular weight excluding hydrogens is 312 g/mol. The molecule has 1 aromatic heterocycles. The molecule has 2 N–H and O–H groups in total. The molecule has 0 unspecified atom stereocenters. The number of amides is 1. The smallest absolute Gasteiger partial charge is 0.329 e. The fraction of sp³-hybridized carbons (Fsp3) is 0.625. The lowest BCUT2D eigenvalue weighted by molar-refractivity contribution is -0.160. The number of carbonyl (C=O) groups excluding carboxylic acids is 1. The van der Waals surface area contributed by atoms with Crippen LogP contribution in [0.1, 0.15) is 25.7 Å².